The molecule has 1 unspecified atom stereocenters. The number of nitrogens with zero attached hydrogens (tertiary/aromatic N) is 1. The molecule has 0 aliphatic carbocycles. The predicted octanol–water partition coefficient (Wildman–Crippen LogP) is 4.17. The van der Waals surface area contributed by atoms with Crippen LogP contribution in [0.2, 0.25) is 5.02 Å². The van der Waals surface area contributed by atoms with Gasteiger partial charge in [-0.05, 0) is 43.2 Å². The Morgan fingerprint density at radius 1 is 1.15 bits per heavy atom. The van der Waals surface area contributed by atoms with Crippen LogP contribution in [0.25, 0.3) is 0 Å². The summed E-state index contributed by atoms with van der Waals surface area (Å²) in [6.45, 7) is 5.74. The summed E-state index contributed by atoms with van der Waals surface area (Å²) < 4.78 is 0. The van der Waals surface area contributed by atoms with Crippen LogP contribution in [-0.4, -0.2) is 13.1 Å². The standard InChI is InChI=1S/C17H21ClN2/c1-3-20(16-10-5-4-7-13(16)2)17(12-19)14-8-6-9-15(18)11-14/h4-11,17H,3,12,19H2,1-2H3. The van der Waals surface area contributed by atoms with E-state index in [1.54, 1.807) is 0 Å². The molecule has 1 atom stereocenters. The van der Waals surface area contributed by atoms with Gasteiger partial charge in [0.15, 0.2) is 0 Å². The first-order valence-electron chi connectivity index (χ1n) is 6.95. The van der Waals surface area contributed by atoms with Crippen LogP contribution in [0.4, 0.5) is 5.69 Å². The number of halogens is 1. The second-order valence-electron chi connectivity index (χ2n) is 4.88. The largest absolute Gasteiger partial charge is 0.363 e. The van der Waals surface area contributed by atoms with Crippen molar-refractivity contribution < 1.29 is 0 Å². The van der Waals surface area contributed by atoms with Gasteiger partial charge in [-0.2, -0.15) is 0 Å². The lowest BCUT2D eigenvalue weighted by molar-refractivity contribution is 0.642. The van der Waals surface area contributed by atoms with Crippen LogP contribution in [0.3, 0.4) is 0 Å². The van der Waals surface area contributed by atoms with Crippen LogP contribution in [0.15, 0.2) is 48.5 Å². The molecule has 0 aromatic heterocycles. The summed E-state index contributed by atoms with van der Waals surface area (Å²) in [5.74, 6) is 0. The van der Waals surface area contributed by atoms with Gasteiger partial charge in [-0.15, -0.1) is 0 Å². The van der Waals surface area contributed by atoms with Crippen molar-refractivity contribution in [2.45, 2.75) is 19.9 Å². The highest BCUT2D eigenvalue weighted by atomic mass is 35.5. The molecule has 0 saturated heterocycles. The number of hydrogen-bond donors (Lipinski definition) is 1. The second-order valence-corrected chi connectivity index (χ2v) is 5.32. The molecule has 2 rings (SSSR count). The molecule has 2 aromatic rings. The van der Waals surface area contributed by atoms with E-state index in [-0.39, 0.29) is 6.04 Å². The normalized spacial score (nSPS) is 12.2. The monoisotopic (exact) mass is 288 g/mol. The zero-order valence-electron chi connectivity index (χ0n) is 12.0. The van der Waals surface area contributed by atoms with Gasteiger partial charge in [0.2, 0.25) is 0 Å². The van der Waals surface area contributed by atoms with Gasteiger partial charge in [0.05, 0.1) is 6.04 Å². The van der Waals surface area contributed by atoms with Crippen LogP contribution in [0.5, 0.6) is 0 Å². The van der Waals surface area contributed by atoms with Gasteiger partial charge in [0.1, 0.15) is 0 Å². The summed E-state index contributed by atoms with van der Waals surface area (Å²) in [6, 6.07) is 16.5. The first-order chi connectivity index (χ1) is 9.67. The highest BCUT2D eigenvalue weighted by Crippen LogP contribution is 2.29. The first-order valence-corrected chi connectivity index (χ1v) is 7.33. The van der Waals surface area contributed by atoms with Crippen LogP contribution >= 0.6 is 11.6 Å². The van der Waals surface area contributed by atoms with E-state index in [0.717, 1.165) is 17.1 Å². The third kappa shape index (κ3) is 3.14. The molecular weight excluding hydrogens is 268 g/mol. The highest BCUT2D eigenvalue weighted by molar-refractivity contribution is 6.30. The molecule has 0 aliphatic rings. The molecule has 2 aromatic carbocycles. The van der Waals surface area contributed by atoms with Crippen molar-refractivity contribution in [3.8, 4) is 0 Å². The van der Waals surface area contributed by atoms with Gasteiger partial charge in [-0.25, -0.2) is 0 Å². The molecule has 2 nitrogen and oxygen atoms in total. The average Bonchev–Trinajstić information content (AvgIpc) is 2.45. The van der Waals surface area contributed by atoms with Crippen molar-refractivity contribution in [2.75, 3.05) is 18.0 Å². The van der Waals surface area contributed by atoms with Crippen molar-refractivity contribution in [3.05, 3.63) is 64.7 Å². The summed E-state index contributed by atoms with van der Waals surface area (Å²) >= 11 is 6.11. The number of rotatable bonds is 5. The number of anilines is 1. The topological polar surface area (TPSA) is 29.3 Å². The van der Waals surface area contributed by atoms with Gasteiger partial charge in [0, 0.05) is 23.8 Å². The summed E-state index contributed by atoms with van der Waals surface area (Å²) in [5.41, 5.74) is 9.68. The van der Waals surface area contributed by atoms with E-state index in [1.807, 2.05) is 18.2 Å². The fourth-order valence-corrected chi connectivity index (χ4v) is 2.80. The maximum Gasteiger partial charge on any atom is 0.0665 e. The number of likely N-dealkylation sites (N-methyl/N-ethyl adjacent to an activating group) is 1. The number of aryl methyl sites for hydroxylation is 1. The van der Waals surface area contributed by atoms with Crippen molar-refractivity contribution >= 4 is 17.3 Å². The van der Waals surface area contributed by atoms with Gasteiger partial charge >= 0.3 is 0 Å². The van der Waals surface area contributed by atoms with Gasteiger partial charge in [-0.3, -0.25) is 0 Å². The predicted molar refractivity (Wildman–Crippen MR) is 87.4 cm³/mol. The smallest absolute Gasteiger partial charge is 0.0665 e. The average molecular weight is 289 g/mol. The van der Waals surface area contributed by atoms with Crippen LogP contribution in [0.1, 0.15) is 24.1 Å². The Hall–Kier alpha value is -1.51. The molecule has 3 heteroatoms. The third-order valence-electron chi connectivity index (χ3n) is 3.60. The van der Waals surface area contributed by atoms with Crippen molar-refractivity contribution in [3.63, 3.8) is 0 Å². The number of para-hydroxylation sites is 1. The Labute approximate surface area is 126 Å². The van der Waals surface area contributed by atoms with Gasteiger partial charge < -0.3 is 10.6 Å². The Morgan fingerprint density at radius 2 is 1.90 bits per heavy atom. The first kappa shape index (κ1) is 14.9. The Kier molecular flexibility index (Phi) is 5.05. The quantitative estimate of drug-likeness (QED) is 0.894. The molecule has 0 radical (unpaired) electrons. The molecule has 0 bridgehead atoms. The van der Waals surface area contributed by atoms with Gasteiger partial charge in [0.25, 0.3) is 0 Å². The molecule has 106 valence electrons. The lowest BCUT2D eigenvalue weighted by atomic mass is 10.0. The summed E-state index contributed by atoms with van der Waals surface area (Å²) in [7, 11) is 0. The summed E-state index contributed by atoms with van der Waals surface area (Å²) in [5, 5.41) is 0.752. The molecule has 0 saturated carbocycles. The van der Waals surface area contributed by atoms with E-state index in [2.05, 4.69) is 49.1 Å². The summed E-state index contributed by atoms with van der Waals surface area (Å²) in [6.07, 6.45) is 0. The molecule has 0 aliphatic heterocycles. The van der Waals surface area contributed by atoms with Crippen LogP contribution in [-0.2, 0) is 0 Å². The fourth-order valence-electron chi connectivity index (χ4n) is 2.60. The van der Waals surface area contributed by atoms with Gasteiger partial charge in [-0.1, -0.05) is 41.9 Å². The highest BCUT2D eigenvalue weighted by Gasteiger charge is 2.19. The Bertz CT molecular complexity index is 568. The molecule has 0 spiro atoms. The van der Waals surface area contributed by atoms with Crippen molar-refractivity contribution in [2.24, 2.45) is 5.73 Å². The third-order valence-corrected chi connectivity index (χ3v) is 3.83. The lowest BCUT2D eigenvalue weighted by Gasteiger charge is -2.33. The Balaban J connectivity index is 2.40. The molecule has 0 heterocycles. The van der Waals surface area contributed by atoms with E-state index in [0.29, 0.717) is 6.54 Å². The van der Waals surface area contributed by atoms with Crippen LogP contribution in [0, 0.1) is 6.92 Å². The number of benzene rings is 2. The molecule has 0 fully saturated rings. The molecule has 2 N–H and O–H groups in total. The molecular formula is C17H21ClN2. The molecule has 0 amide bonds. The molecule has 20 heavy (non-hydrogen) atoms. The van der Waals surface area contributed by atoms with Crippen LogP contribution < -0.4 is 10.6 Å². The summed E-state index contributed by atoms with van der Waals surface area (Å²) in [4.78, 5) is 2.33. The zero-order valence-corrected chi connectivity index (χ0v) is 12.8. The maximum atomic E-state index is 6.11. The fraction of sp³-hybridized carbons (Fsp3) is 0.294. The lowest BCUT2D eigenvalue weighted by Crippen LogP contribution is -2.34. The minimum absolute atomic E-state index is 0.139. The maximum absolute atomic E-state index is 6.11. The van der Waals surface area contributed by atoms with E-state index < -0.39 is 0 Å². The number of hydrogen-bond acceptors (Lipinski definition) is 2. The number of nitrogens with two attached hydrogens (primary N) is 1. The van der Waals surface area contributed by atoms with Crippen molar-refractivity contribution in [1.29, 1.82) is 0 Å². The van der Waals surface area contributed by atoms with E-state index in [1.165, 1.54) is 11.3 Å². The van der Waals surface area contributed by atoms with Crippen molar-refractivity contribution in [1.82, 2.24) is 0 Å². The Morgan fingerprint density at radius 3 is 2.50 bits per heavy atom. The van der Waals surface area contributed by atoms with E-state index in [4.69, 9.17) is 17.3 Å². The minimum Gasteiger partial charge on any atom is -0.363 e. The SMILES string of the molecule is CCN(c1ccccc1C)C(CN)c1cccc(Cl)c1. The second kappa shape index (κ2) is 6.78. The zero-order chi connectivity index (χ0) is 14.5. The van der Waals surface area contributed by atoms with E-state index >= 15 is 0 Å². The minimum atomic E-state index is 0.139. The van der Waals surface area contributed by atoms with E-state index in [9.17, 15) is 0 Å².